The summed E-state index contributed by atoms with van der Waals surface area (Å²) < 4.78 is 24.2. The largest absolute Gasteiger partial charge is 0.335 e. The summed E-state index contributed by atoms with van der Waals surface area (Å²) in [5.74, 6) is -0.140. The molecule has 0 saturated heterocycles. The van der Waals surface area contributed by atoms with Crippen LogP contribution in [0.2, 0.25) is 0 Å². The van der Waals surface area contributed by atoms with Gasteiger partial charge >= 0.3 is 0 Å². The number of rotatable bonds is 4. The lowest BCUT2D eigenvalue weighted by atomic mass is 10.1. The van der Waals surface area contributed by atoms with E-state index in [-0.39, 0.29) is 16.8 Å². The van der Waals surface area contributed by atoms with Crippen molar-refractivity contribution in [3.63, 3.8) is 0 Å². The maximum absolute atomic E-state index is 12.6. The molecule has 1 aromatic carbocycles. The van der Waals surface area contributed by atoms with E-state index in [1.807, 2.05) is 13.8 Å². The van der Waals surface area contributed by atoms with Gasteiger partial charge in [0.2, 0.25) is 10.0 Å². The second-order valence-electron chi connectivity index (χ2n) is 5.47. The summed E-state index contributed by atoms with van der Waals surface area (Å²) in [5.41, 5.74) is 2.15. The highest BCUT2D eigenvalue weighted by molar-refractivity contribution is 7.89. The average molecular weight is 336 g/mol. The van der Waals surface area contributed by atoms with Crippen molar-refractivity contribution in [1.29, 1.82) is 0 Å². The molecule has 0 aliphatic carbocycles. The minimum atomic E-state index is -3.72. The fourth-order valence-electron chi connectivity index (χ4n) is 2.23. The van der Waals surface area contributed by atoms with Gasteiger partial charge in [-0.3, -0.25) is 9.48 Å². The van der Waals surface area contributed by atoms with E-state index in [1.54, 1.807) is 42.0 Å². The van der Waals surface area contributed by atoms with E-state index >= 15 is 0 Å². The lowest BCUT2D eigenvalue weighted by molar-refractivity contribution is 0.0741. The second-order valence-corrected chi connectivity index (χ2v) is 7.03. The maximum Gasteiger partial charge on any atom is 0.257 e. The van der Waals surface area contributed by atoms with Crippen molar-refractivity contribution in [3.05, 3.63) is 47.3 Å². The molecular formula is C15H20N4O3S. The predicted octanol–water partition coefficient (Wildman–Crippen LogP) is 1.21. The molecule has 1 heterocycles. The minimum absolute atomic E-state index is 0.0468. The Bertz CT molecular complexity index is 825. The van der Waals surface area contributed by atoms with Gasteiger partial charge in [-0.15, -0.1) is 0 Å². The SMILES string of the molecule is Cc1c(C(=O)N(C)C(C)c2ccc(S(N)(=O)=O)cc2)cnn1C. The first-order chi connectivity index (χ1) is 10.6. The Hall–Kier alpha value is -2.19. The lowest BCUT2D eigenvalue weighted by Gasteiger charge is -2.25. The van der Waals surface area contributed by atoms with Crippen LogP contribution in [0.25, 0.3) is 0 Å². The van der Waals surface area contributed by atoms with Crippen LogP contribution in [0.3, 0.4) is 0 Å². The van der Waals surface area contributed by atoms with Crippen molar-refractivity contribution in [2.45, 2.75) is 24.8 Å². The molecule has 8 heteroatoms. The van der Waals surface area contributed by atoms with Gasteiger partial charge in [0.15, 0.2) is 0 Å². The quantitative estimate of drug-likeness (QED) is 0.907. The summed E-state index contributed by atoms with van der Waals surface area (Å²) >= 11 is 0. The van der Waals surface area contributed by atoms with Crippen LogP contribution in [0.1, 0.15) is 34.6 Å². The Kier molecular flexibility index (Phi) is 4.58. The van der Waals surface area contributed by atoms with Crippen LogP contribution < -0.4 is 5.14 Å². The van der Waals surface area contributed by atoms with Gasteiger partial charge in [0.05, 0.1) is 22.7 Å². The van der Waals surface area contributed by atoms with Crippen molar-refractivity contribution in [2.75, 3.05) is 7.05 Å². The van der Waals surface area contributed by atoms with Crippen molar-refractivity contribution in [3.8, 4) is 0 Å². The number of nitrogens with zero attached hydrogens (tertiary/aromatic N) is 3. The maximum atomic E-state index is 12.6. The Morgan fingerprint density at radius 3 is 2.30 bits per heavy atom. The van der Waals surface area contributed by atoms with Crippen LogP contribution in [0.5, 0.6) is 0 Å². The highest BCUT2D eigenvalue weighted by Crippen LogP contribution is 2.22. The fraction of sp³-hybridized carbons (Fsp3) is 0.333. The zero-order valence-corrected chi connectivity index (χ0v) is 14.3. The first kappa shape index (κ1) is 17.2. The Balaban J connectivity index is 2.24. The van der Waals surface area contributed by atoms with Crippen LogP contribution in [-0.2, 0) is 17.1 Å². The van der Waals surface area contributed by atoms with E-state index in [1.165, 1.54) is 12.1 Å². The molecule has 1 atom stereocenters. The first-order valence-electron chi connectivity index (χ1n) is 7.01. The molecule has 2 rings (SSSR count). The fourth-order valence-corrected chi connectivity index (χ4v) is 2.75. The Morgan fingerprint density at radius 1 is 1.30 bits per heavy atom. The van der Waals surface area contributed by atoms with Crippen LogP contribution >= 0.6 is 0 Å². The molecule has 23 heavy (non-hydrogen) atoms. The average Bonchev–Trinajstić information content (AvgIpc) is 2.84. The monoisotopic (exact) mass is 336 g/mol. The van der Waals surface area contributed by atoms with E-state index in [0.717, 1.165) is 11.3 Å². The third-order valence-corrected chi connectivity index (χ3v) is 4.99. The van der Waals surface area contributed by atoms with E-state index in [0.29, 0.717) is 5.56 Å². The summed E-state index contributed by atoms with van der Waals surface area (Å²) in [6.45, 7) is 3.70. The highest BCUT2D eigenvalue weighted by Gasteiger charge is 2.22. The topological polar surface area (TPSA) is 98.3 Å². The molecule has 1 aromatic heterocycles. The molecule has 0 fully saturated rings. The van der Waals surface area contributed by atoms with Gasteiger partial charge in [0.25, 0.3) is 5.91 Å². The number of hydrogen-bond donors (Lipinski definition) is 1. The van der Waals surface area contributed by atoms with Crippen molar-refractivity contribution in [1.82, 2.24) is 14.7 Å². The molecule has 1 amide bonds. The van der Waals surface area contributed by atoms with Crippen molar-refractivity contribution in [2.24, 2.45) is 12.2 Å². The van der Waals surface area contributed by atoms with Crippen LogP contribution in [0.4, 0.5) is 0 Å². The van der Waals surface area contributed by atoms with E-state index < -0.39 is 10.0 Å². The summed E-state index contributed by atoms with van der Waals surface area (Å²) in [5, 5.41) is 9.16. The zero-order valence-electron chi connectivity index (χ0n) is 13.5. The molecule has 0 saturated carbocycles. The highest BCUT2D eigenvalue weighted by atomic mass is 32.2. The molecule has 0 radical (unpaired) electrons. The number of nitrogens with two attached hydrogens (primary N) is 1. The molecule has 0 aliphatic rings. The van der Waals surface area contributed by atoms with Gasteiger partial charge in [-0.05, 0) is 31.5 Å². The van der Waals surface area contributed by atoms with E-state index in [9.17, 15) is 13.2 Å². The number of hydrogen-bond acceptors (Lipinski definition) is 4. The predicted molar refractivity (Wildman–Crippen MR) is 86.3 cm³/mol. The third kappa shape index (κ3) is 3.43. The van der Waals surface area contributed by atoms with Gasteiger partial charge in [0.1, 0.15) is 0 Å². The number of aromatic nitrogens is 2. The Morgan fingerprint density at radius 2 is 1.87 bits per heavy atom. The summed E-state index contributed by atoms with van der Waals surface area (Å²) in [4.78, 5) is 14.2. The molecule has 0 bridgehead atoms. The number of aryl methyl sites for hydroxylation is 1. The smallest absolute Gasteiger partial charge is 0.257 e. The number of carbonyl (C=O) groups excluding carboxylic acids is 1. The van der Waals surface area contributed by atoms with Gasteiger partial charge in [0, 0.05) is 19.8 Å². The molecule has 0 spiro atoms. The molecule has 1 unspecified atom stereocenters. The van der Waals surface area contributed by atoms with Crippen LogP contribution in [0, 0.1) is 6.92 Å². The normalized spacial score (nSPS) is 12.9. The second kappa shape index (κ2) is 6.13. The number of sulfonamides is 1. The molecule has 2 N–H and O–H groups in total. The molecule has 124 valence electrons. The standard InChI is InChI=1S/C15H20N4O3S/c1-10(12-5-7-13(8-6-12)23(16,21)22)18(3)15(20)14-9-17-19(4)11(14)2/h5-10H,1-4H3,(H2,16,21,22). The first-order valence-corrected chi connectivity index (χ1v) is 8.56. The molecule has 2 aromatic rings. The van der Waals surface area contributed by atoms with Crippen molar-refractivity contribution >= 4 is 15.9 Å². The lowest BCUT2D eigenvalue weighted by Crippen LogP contribution is -2.30. The van der Waals surface area contributed by atoms with E-state index in [4.69, 9.17) is 5.14 Å². The number of amides is 1. The zero-order chi connectivity index (χ0) is 17.4. The summed E-state index contributed by atoms with van der Waals surface area (Å²) in [6, 6.07) is 5.97. The van der Waals surface area contributed by atoms with Gasteiger partial charge < -0.3 is 4.90 Å². The Labute approximate surface area is 135 Å². The van der Waals surface area contributed by atoms with Crippen LogP contribution in [-0.4, -0.2) is 36.1 Å². The van der Waals surface area contributed by atoms with Gasteiger partial charge in [-0.1, -0.05) is 12.1 Å². The number of carbonyl (C=O) groups is 1. The number of benzene rings is 1. The van der Waals surface area contributed by atoms with Gasteiger partial charge in [-0.2, -0.15) is 5.10 Å². The number of primary sulfonamides is 1. The third-order valence-electron chi connectivity index (χ3n) is 4.06. The summed E-state index contributed by atoms with van der Waals surface area (Å²) in [6.07, 6.45) is 1.55. The molecular weight excluding hydrogens is 316 g/mol. The van der Waals surface area contributed by atoms with Gasteiger partial charge in [-0.25, -0.2) is 13.6 Å². The van der Waals surface area contributed by atoms with E-state index in [2.05, 4.69) is 5.10 Å². The molecule has 7 nitrogen and oxygen atoms in total. The van der Waals surface area contributed by atoms with Crippen LogP contribution in [0.15, 0.2) is 35.4 Å². The summed E-state index contributed by atoms with van der Waals surface area (Å²) in [7, 11) is -0.239. The van der Waals surface area contributed by atoms with Crippen molar-refractivity contribution < 1.29 is 13.2 Å². The molecule has 0 aliphatic heterocycles. The minimum Gasteiger partial charge on any atom is -0.335 e.